The van der Waals surface area contributed by atoms with Crippen LogP contribution >= 0.6 is 0 Å². The van der Waals surface area contributed by atoms with Crippen LogP contribution < -0.4 is 10.6 Å². The van der Waals surface area contributed by atoms with Crippen LogP contribution in [0.2, 0.25) is 0 Å². The highest BCUT2D eigenvalue weighted by atomic mass is 16.3. The Morgan fingerprint density at radius 2 is 2.17 bits per heavy atom. The van der Waals surface area contributed by atoms with E-state index in [9.17, 15) is 9.90 Å². The van der Waals surface area contributed by atoms with Gasteiger partial charge in [0.1, 0.15) is 0 Å². The predicted octanol–water partition coefficient (Wildman–Crippen LogP) is 0.848. The van der Waals surface area contributed by atoms with Gasteiger partial charge in [0, 0.05) is 5.69 Å². The van der Waals surface area contributed by atoms with Crippen molar-refractivity contribution in [3.63, 3.8) is 0 Å². The van der Waals surface area contributed by atoms with Crippen molar-refractivity contribution in [2.75, 3.05) is 18.1 Å². The van der Waals surface area contributed by atoms with Crippen molar-refractivity contribution in [2.24, 2.45) is 5.73 Å². The zero-order valence-corrected chi connectivity index (χ0v) is 10.9. The van der Waals surface area contributed by atoms with Crippen LogP contribution in [0.15, 0.2) is 18.2 Å². The summed E-state index contributed by atoms with van der Waals surface area (Å²) in [5.74, 6) is 0.0500. The Hall–Kier alpha value is -1.39. The summed E-state index contributed by atoms with van der Waals surface area (Å²) in [5.41, 5.74) is 8.09. The van der Waals surface area contributed by atoms with E-state index in [1.54, 1.807) is 4.90 Å². The quantitative estimate of drug-likeness (QED) is 0.830. The van der Waals surface area contributed by atoms with Crippen molar-refractivity contribution in [1.29, 1.82) is 0 Å². The SMILES string of the molecule is CC(C)(CO)N1C(=O)Cc2cc(CCN)ccc21. The number of benzene rings is 1. The molecule has 98 valence electrons. The molecule has 0 aliphatic carbocycles. The molecule has 0 radical (unpaired) electrons. The average Bonchev–Trinajstić information content (AvgIpc) is 2.65. The van der Waals surface area contributed by atoms with Gasteiger partial charge in [0.2, 0.25) is 5.91 Å². The summed E-state index contributed by atoms with van der Waals surface area (Å²) in [4.78, 5) is 13.8. The van der Waals surface area contributed by atoms with Gasteiger partial charge in [-0.05, 0) is 44.0 Å². The summed E-state index contributed by atoms with van der Waals surface area (Å²) >= 11 is 0. The lowest BCUT2D eigenvalue weighted by molar-refractivity contribution is -0.118. The van der Waals surface area contributed by atoms with E-state index in [0.717, 1.165) is 23.2 Å². The standard InChI is InChI=1S/C14H20N2O2/c1-14(2,9-17)16-12-4-3-10(5-6-15)7-11(12)8-13(16)18/h3-4,7,17H,5-6,8-9,15H2,1-2H3. The Morgan fingerprint density at radius 1 is 1.44 bits per heavy atom. The van der Waals surface area contributed by atoms with Crippen molar-refractivity contribution in [3.05, 3.63) is 29.3 Å². The van der Waals surface area contributed by atoms with Crippen molar-refractivity contribution in [3.8, 4) is 0 Å². The third kappa shape index (κ3) is 2.13. The highest BCUT2D eigenvalue weighted by molar-refractivity contribution is 6.02. The lowest BCUT2D eigenvalue weighted by Gasteiger charge is -2.34. The zero-order chi connectivity index (χ0) is 13.3. The van der Waals surface area contributed by atoms with Gasteiger partial charge in [-0.2, -0.15) is 0 Å². The molecule has 0 saturated heterocycles. The maximum Gasteiger partial charge on any atom is 0.232 e. The molecule has 0 atom stereocenters. The fourth-order valence-corrected chi connectivity index (χ4v) is 2.43. The number of nitrogens with two attached hydrogens (primary N) is 1. The molecule has 18 heavy (non-hydrogen) atoms. The molecule has 0 aromatic heterocycles. The van der Waals surface area contributed by atoms with E-state index < -0.39 is 5.54 Å². The first-order chi connectivity index (χ1) is 8.49. The second kappa shape index (κ2) is 4.71. The number of aliphatic hydroxyl groups excluding tert-OH is 1. The maximum absolute atomic E-state index is 12.1. The number of hydrogen-bond acceptors (Lipinski definition) is 3. The summed E-state index contributed by atoms with van der Waals surface area (Å²) in [6.07, 6.45) is 1.24. The van der Waals surface area contributed by atoms with Crippen molar-refractivity contribution in [1.82, 2.24) is 0 Å². The second-order valence-electron chi connectivity index (χ2n) is 5.38. The monoisotopic (exact) mass is 248 g/mol. The molecule has 3 N–H and O–H groups in total. The fraction of sp³-hybridized carbons (Fsp3) is 0.500. The second-order valence-corrected chi connectivity index (χ2v) is 5.38. The summed E-state index contributed by atoms with van der Waals surface area (Å²) in [6.45, 7) is 4.29. The molecule has 0 bridgehead atoms. The van der Waals surface area contributed by atoms with Crippen LogP contribution in [0.5, 0.6) is 0 Å². The number of carbonyl (C=O) groups is 1. The molecule has 1 amide bonds. The van der Waals surface area contributed by atoms with E-state index >= 15 is 0 Å². The van der Waals surface area contributed by atoms with Crippen LogP contribution in [0.4, 0.5) is 5.69 Å². The van der Waals surface area contributed by atoms with Gasteiger partial charge in [-0.25, -0.2) is 0 Å². The third-order valence-electron chi connectivity index (χ3n) is 3.40. The first-order valence-corrected chi connectivity index (χ1v) is 6.25. The van der Waals surface area contributed by atoms with Gasteiger partial charge in [0.05, 0.1) is 18.6 Å². The first kappa shape index (κ1) is 13.1. The van der Waals surface area contributed by atoms with Gasteiger partial charge >= 0.3 is 0 Å². The molecule has 0 saturated carbocycles. The molecule has 2 rings (SSSR count). The molecule has 4 nitrogen and oxygen atoms in total. The number of fused-ring (bicyclic) bond motifs is 1. The van der Waals surface area contributed by atoms with Gasteiger partial charge in [0.15, 0.2) is 0 Å². The summed E-state index contributed by atoms with van der Waals surface area (Å²) < 4.78 is 0. The van der Waals surface area contributed by atoms with Gasteiger partial charge in [-0.15, -0.1) is 0 Å². The van der Waals surface area contributed by atoms with Gasteiger partial charge in [-0.1, -0.05) is 12.1 Å². The van der Waals surface area contributed by atoms with E-state index in [-0.39, 0.29) is 12.5 Å². The highest BCUT2D eigenvalue weighted by Crippen LogP contribution is 2.35. The van der Waals surface area contributed by atoms with E-state index in [1.807, 2.05) is 32.0 Å². The Labute approximate surface area is 107 Å². The van der Waals surface area contributed by atoms with Crippen LogP contribution in [-0.2, 0) is 17.6 Å². The summed E-state index contributed by atoms with van der Waals surface area (Å²) in [5, 5.41) is 9.43. The molecule has 1 aliphatic heterocycles. The average molecular weight is 248 g/mol. The largest absolute Gasteiger partial charge is 0.394 e. The number of carbonyl (C=O) groups excluding carboxylic acids is 1. The van der Waals surface area contributed by atoms with Gasteiger partial charge < -0.3 is 15.7 Å². The molecular weight excluding hydrogens is 228 g/mol. The highest BCUT2D eigenvalue weighted by Gasteiger charge is 2.37. The number of aliphatic hydroxyl groups is 1. The molecule has 1 heterocycles. The Balaban J connectivity index is 2.38. The smallest absolute Gasteiger partial charge is 0.232 e. The number of anilines is 1. The van der Waals surface area contributed by atoms with Crippen molar-refractivity contribution < 1.29 is 9.90 Å². The van der Waals surface area contributed by atoms with E-state index in [2.05, 4.69) is 0 Å². The molecule has 1 aromatic carbocycles. The van der Waals surface area contributed by atoms with Gasteiger partial charge in [-0.3, -0.25) is 4.79 Å². The molecule has 1 aliphatic rings. The maximum atomic E-state index is 12.1. The third-order valence-corrected chi connectivity index (χ3v) is 3.40. The molecular formula is C14H20N2O2. The van der Waals surface area contributed by atoms with Crippen LogP contribution in [0.3, 0.4) is 0 Å². The number of amides is 1. The fourth-order valence-electron chi connectivity index (χ4n) is 2.43. The van der Waals surface area contributed by atoms with E-state index in [0.29, 0.717) is 13.0 Å². The van der Waals surface area contributed by atoms with Crippen LogP contribution in [0.1, 0.15) is 25.0 Å². The van der Waals surface area contributed by atoms with Crippen LogP contribution in [0.25, 0.3) is 0 Å². The molecule has 1 aromatic rings. The zero-order valence-electron chi connectivity index (χ0n) is 10.9. The van der Waals surface area contributed by atoms with Crippen molar-refractivity contribution >= 4 is 11.6 Å². The first-order valence-electron chi connectivity index (χ1n) is 6.25. The Kier molecular flexibility index (Phi) is 3.41. The van der Waals surface area contributed by atoms with Crippen molar-refractivity contribution in [2.45, 2.75) is 32.2 Å². The van der Waals surface area contributed by atoms with Crippen LogP contribution in [-0.4, -0.2) is 29.7 Å². The lowest BCUT2D eigenvalue weighted by Crippen LogP contribution is -2.48. The number of rotatable bonds is 4. The minimum Gasteiger partial charge on any atom is -0.394 e. The predicted molar refractivity (Wildman–Crippen MR) is 71.6 cm³/mol. The summed E-state index contributed by atoms with van der Waals surface area (Å²) in [6, 6.07) is 6.01. The molecule has 4 heteroatoms. The number of nitrogens with zero attached hydrogens (tertiary/aromatic N) is 1. The minimum absolute atomic E-state index is 0.0500. The molecule has 0 fully saturated rings. The molecule has 0 unspecified atom stereocenters. The Morgan fingerprint density at radius 3 is 2.78 bits per heavy atom. The van der Waals surface area contributed by atoms with Gasteiger partial charge in [0.25, 0.3) is 0 Å². The lowest BCUT2D eigenvalue weighted by atomic mass is 10.0. The summed E-state index contributed by atoms with van der Waals surface area (Å²) in [7, 11) is 0. The molecule has 0 spiro atoms. The topological polar surface area (TPSA) is 66.6 Å². The van der Waals surface area contributed by atoms with E-state index in [4.69, 9.17) is 5.73 Å². The van der Waals surface area contributed by atoms with E-state index in [1.165, 1.54) is 0 Å². The minimum atomic E-state index is -0.558. The number of hydrogen-bond donors (Lipinski definition) is 2. The normalized spacial score (nSPS) is 15.1. The van der Waals surface area contributed by atoms with Crippen LogP contribution in [0, 0.1) is 0 Å². The Bertz CT molecular complexity index is 469.